The number of halogens is 1. The minimum atomic E-state index is -0.266. The van der Waals surface area contributed by atoms with Crippen molar-refractivity contribution < 1.29 is 9.59 Å². The van der Waals surface area contributed by atoms with Crippen LogP contribution in [-0.2, 0) is 6.54 Å². The maximum atomic E-state index is 13.4. The van der Waals surface area contributed by atoms with Gasteiger partial charge in [0.05, 0.1) is 22.6 Å². The van der Waals surface area contributed by atoms with E-state index in [0.29, 0.717) is 40.3 Å². The van der Waals surface area contributed by atoms with Crippen LogP contribution in [0.4, 0.5) is 17.1 Å². The maximum absolute atomic E-state index is 13.4. The minimum Gasteiger partial charge on any atom is -0.369 e. The monoisotopic (exact) mass is 628 g/mol. The average molecular weight is 630 g/mol. The van der Waals surface area contributed by atoms with Crippen LogP contribution in [0.5, 0.6) is 0 Å². The minimum absolute atomic E-state index is 0.0467. The highest BCUT2D eigenvalue weighted by molar-refractivity contribution is 9.10. The standard InChI is InChI=1S/C32H29BrN4O3S/c1-41-29-11-5-4-9-25(29)34-31(39)21-13-14-28(26(16-21)35-32(40)23-7-2-3-8-24(23)33)36-17-20-15-22(19-36)27-10-6-12-30(38)37(27)18-20/h2-14,16,20,22H,15,17-19H2,1H3,(H,34,39)(H,35,40)/t20-,22+/m1/s1. The van der Waals surface area contributed by atoms with Crippen LogP contribution in [0.3, 0.4) is 0 Å². The van der Waals surface area contributed by atoms with Gasteiger partial charge < -0.3 is 20.1 Å². The summed E-state index contributed by atoms with van der Waals surface area (Å²) in [5.41, 5.74) is 4.22. The number of rotatable bonds is 6. The van der Waals surface area contributed by atoms with Crippen molar-refractivity contribution in [1.29, 1.82) is 0 Å². The molecule has 2 aliphatic rings. The van der Waals surface area contributed by atoms with Crippen molar-refractivity contribution in [3.63, 3.8) is 0 Å². The summed E-state index contributed by atoms with van der Waals surface area (Å²) in [5.74, 6) is -0.00944. The number of fused-ring (bicyclic) bond motifs is 4. The third-order valence-corrected chi connectivity index (χ3v) is 9.29. The van der Waals surface area contributed by atoms with E-state index in [1.54, 1.807) is 30.0 Å². The van der Waals surface area contributed by atoms with E-state index in [0.717, 1.165) is 34.9 Å². The lowest BCUT2D eigenvalue weighted by molar-refractivity contribution is 0.101. The summed E-state index contributed by atoms with van der Waals surface area (Å²) >= 11 is 5.05. The van der Waals surface area contributed by atoms with Crippen LogP contribution in [0, 0.1) is 5.92 Å². The van der Waals surface area contributed by atoms with Gasteiger partial charge in [0.2, 0.25) is 0 Å². The molecular weight excluding hydrogens is 600 g/mol. The number of anilines is 3. The molecule has 6 rings (SSSR count). The van der Waals surface area contributed by atoms with Crippen molar-refractivity contribution in [1.82, 2.24) is 4.57 Å². The molecule has 1 saturated heterocycles. The lowest BCUT2D eigenvalue weighted by atomic mass is 9.83. The first kappa shape index (κ1) is 27.4. The summed E-state index contributed by atoms with van der Waals surface area (Å²) in [5, 5.41) is 6.11. The number of carbonyl (C=O) groups excluding carboxylic acids is 2. The Morgan fingerprint density at radius 1 is 0.854 bits per heavy atom. The second kappa shape index (κ2) is 11.6. The SMILES string of the molecule is CSc1ccccc1NC(=O)c1ccc(N2C[C@H]3C[C@@H](C2)c2cccc(=O)n2C3)c(NC(=O)c2ccccc2Br)c1. The Kier molecular flexibility index (Phi) is 7.73. The topological polar surface area (TPSA) is 83.4 Å². The fraction of sp³-hybridized carbons (Fsp3) is 0.219. The molecule has 2 bridgehead atoms. The molecule has 2 atom stereocenters. The molecular formula is C32H29BrN4O3S. The van der Waals surface area contributed by atoms with Gasteiger partial charge in [0, 0.05) is 52.2 Å². The highest BCUT2D eigenvalue weighted by Gasteiger charge is 2.35. The Labute approximate surface area is 251 Å². The lowest BCUT2D eigenvalue weighted by Gasteiger charge is -2.44. The molecule has 9 heteroatoms. The number of piperidine rings is 1. The molecule has 2 amide bonds. The van der Waals surface area contributed by atoms with Crippen molar-refractivity contribution in [2.75, 3.05) is 34.9 Å². The molecule has 1 aromatic heterocycles. The Bertz CT molecular complexity index is 1700. The molecule has 2 N–H and O–H groups in total. The second-order valence-corrected chi connectivity index (χ2v) is 12.1. The summed E-state index contributed by atoms with van der Waals surface area (Å²) in [6, 6.07) is 25.9. The van der Waals surface area contributed by atoms with Crippen molar-refractivity contribution >= 4 is 56.6 Å². The average Bonchev–Trinajstić information content (AvgIpc) is 2.98. The number of benzene rings is 3. The molecule has 2 aliphatic heterocycles. The molecule has 4 aromatic rings. The zero-order chi connectivity index (χ0) is 28.5. The molecule has 0 unspecified atom stereocenters. The highest BCUT2D eigenvalue weighted by Crippen LogP contribution is 2.39. The van der Waals surface area contributed by atoms with E-state index in [-0.39, 0.29) is 23.3 Å². The Hall–Kier alpha value is -3.82. The predicted octanol–water partition coefficient (Wildman–Crippen LogP) is 6.46. The zero-order valence-electron chi connectivity index (χ0n) is 22.5. The largest absolute Gasteiger partial charge is 0.369 e. The first-order chi connectivity index (χ1) is 19.9. The van der Waals surface area contributed by atoms with E-state index >= 15 is 0 Å². The predicted molar refractivity (Wildman–Crippen MR) is 168 cm³/mol. The molecule has 0 aliphatic carbocycles. The van der Waals surface area contributed by atoms with E-state index in [1.807, 2.05) is 77.6 Å². The fourth-order valence-corrected chi connectivity index (χ4v) is 6.94. The first-order valence-corrected chi connectivity index (χ1v) is 15.5. The van der Waals surface area contributed by atoms with Gasteiger partial charge in [-0.25, -0.2) is 0 Å². The lowest BCUT2D eigenvalue weighted by Crippen LogP contribution is -2.47. The van der Waals surface area contributed by atoms with E-state index in [2.05, 4.69) is 31.5 Å². The summed E-state index contributed by atoms with van der Waals surface area (Å²) < 4.78 is 2.60. The van der Waals surface area contributed by atoms with Gasteiger partial charge in [-0.15, -0.1) is 11.8 Å². The normalized spacial score (nSPS) is 17.5. The number of aromatic nitrogens is 1. The molecule has 1 fully saturated rings. The molecule has 3 heterocycles. The van der Waals surface area contributed by atoms with Crippen LogP contribution >= 0.6 is 27.7 Å². The van der Waals surface area contributed by atoms with Gasteiger partial charge in [-0.1, -0.05) is 30.3 Å². The van der Waals surface area contributed by atoms with E-state index in [4.69, 9.17) is 0 Å². The number of amides is 2. The third kappa shape index (κ3) is 5.56. The molecule has 0 saturated carbocycles. The van der Waals surface area contributed by atoms with E-state index < -0.39 is 0 Å². The molecule has 3 aromatic carbocycles. The van der Waals surface area contributed by atoms with Gasteiger partial charge in [-0.3, -0.25) is 14.4 Å². The van der Waals surface area contributed by atoms with Crippen LogP contribution in [0.1, 0.15) is 38.7 Å². The summed E-state index contributed by atoms with van der Waals surface area (Å²) in [6.45, 7) is 2.14. The summed E-state index contributed by atoms with van der Waals surface area (Å²) in [7, 11) is 0. The second-order valence-electron chi connectivity index (χ2n) is 10.4. The van der Waals surface area contributed by atoms with Gasteiger partial charge >= 0.3 is 0 Å². The van der Waals surface area contributed by atoms with Gasteiger partial charge in [-0.05, 0) is 83.1 Å². The van der Waals surface area contributed by atoms with Crippen LogP contribution in [0.15, 0.2) is 99.1 Å². The van der Waals surface area contributed by atoms with E-state index in [1.165, 1.54) is 0 Å². The Morgan fingerprint density at radius 3 is 2.46 bits per heavy atom. The number of carbonyl (C=O) groups is 2. The fourth-order valence-electron chi connectivity index (χ4n) is 5.92. The first-order valence-electron chi connectivity index (χ1n) is 13.5. The summed E-state index contributed by atoms with van der Waals surface area (Å²) in [6.07, 6.45) is 2.99. The highest BCUT2D eigenvalue weighted by atomic mass is 79.9. The molecule has 41 heavy (non-hydrogen) atoms. The zero-order valence-corrected chi connectivity index (χ0v) is 24.9. The van der Waals surface area contributed by atoms with Crippen LogP contribution in [0.25, 0.3) is 0 Å². The Balaban J connectivity index is 1.34. The number of hydrogen-bond donors (Lipinski definition) is 2. The third-order valence-electron chi connectivity index (χ3n) is 7.80. The molecule has 0 radical (unpaired) electrons. The van der Waals surface area contributed by atoms with Crippen molar-refractivity contribution in [3.05, 3.63) is 117 Å². The van der Waals surface area contributed by atoms with Crippen molar-refractivity contribution in [2.24, 2.45) is 5.92 Å². The number of nitrogens with one attached hydrogen (secondary N) is 2. The smallest absolute Gasteiger partial charge is 0.256 e. The maximum Gasteiger partial charge on any atom is 0.256 e. The quantitative estimate of drug-likeness (QED) is 0.239. The van der Waals surface area contributed by atoms with Crippen LogP contribution in [-0.4, -0.2) is 35.7 Å². The number of nitrogens with zero attached hydrogens (tertiary/aromatic N) is 2. The van der Waals surface area contributed by atoms with Crippen LogP contribution < -0.4 is 21.1 Å². The van der Waals surface area contributed by atoms with Crippen molar-refractivity contribution in [3.8, 4) is 0 Å². The molecule has 7 nitrogen and oxygen atoms in total. The number of pyridine rings is 1. The van der Waals surface area contributed by atoms with Gasteiger partial charge in [0.25, 0.3) is 17.4 Å². The van der Waals surface area contributed by atoms with Gasteiger partial charge in [0.15, 0.2) is 0 Å². The Morgan fingerprint density at radius 2 is 1.63 bits per heavy atom. The van der Waals surface area contributed by atoms with Crippen molar-refractivity contribution in [2.45, 2.75) is 23.8 Å². The number of thioether (sulfide) groups is 1. The van der Waals surface area contributed by atoms with E-state index in [9.17, 15) is 14.4 Å². The molecule has 208 valence electrons. The number of para-hydroxylation sites is 1. The van der Waals surface area contributed by atoms with Gasteiger partial charge in [-0.2, -0.15) is 0 Å². The van der Waals surface area contributed by atoms with Gasteiger partial charge in [0.1, 0.15) is 0 Å². The molecule has 0 spiro atoms. The van der Waals surface area contributed by atoms with Crippen LogP contribution in [0.2, 0.25) is 0 Å². The summed E-state index contributed by atoms with van der Waals surface area (Å²) in [4.78, 5) is 42.6. The number of hydrogen-bond acceptors (Lipinski definition) is 5.